The summed E-state index contributed by atoms with van der Waals surface area (Å²) in [5, 5.41) is 0. The van der Waals surface area contributed by atoms with Crippen molar-refractivity contribution in [2.75, 3.05) is 0 Å². The Labute approximate surface area is 124 Å². The van der Waals surface area contributed by atoms with E-state index in [-0.39, 0.29) is 0 Å². The zero-order valence-electron chi connectivity index (χ0n) is 5.48. The second-order valence-corrected chi connectivity index (χ2v) is 83.5. The molecule has 0 aromatic rings. The van der Waals surface area contributed by atoms with Crippen LogP contribution in [0.2, 0.25) is 0 Å². The Morgan fingerprint density at radius 3 is 0.615 bits per heavy atom. The normalized spacial score (nSPS) is 15.2. The standard InChI is InChI=1S/Cl9GeHSi3/c1-11(2,3)10(12(4,5)6)13(7,8)9/h10H. The Kier molecular flexibility index (Phi) is 7.28. The van der Waals surface area contributed by atoms with Crippen molar-refractivity contribution in [2.24, 2.45) is 0 Å². The van der Waals surface area contributed by atoms with Crippen molar-refractivity contribution in [2.45, 2.75) is 0 Å². The third-order valence-corrected chi connectivity index (χ3v) is 138. The van der Waals surface area contributed by atoms with Gasteiger partial charge in [0, 0.05) is 0 Å². The Morgan fingerprint density at radius 1 is 0.462 bits per heavy atom. The number of halogens is 9. The molecule has 0 rings (SSSR count). The SMILES string of the molecule is Cl[Si](Cl)(Cl)[GeH]([Si](Cl)(Cl)Cl)[Si](Cl)(Cl)Cl. The average Bonchev–Trinajstić information content (AvgIpc) is 1.44. The molecule has 0 N–H and O–H groups in total. The Morgan fingerprint density at radius 2 is 0.615 bits per heavy atom. The van der Waals surface area contributed by atoms with Crippen LogP contribution >= 0.6 is 99.7 Å². The predicted molar refractivity (Wildman–Crippen MR) is 77.1 cm³/mol. The molecule has 0 saturated carbocycles. The molecule has 0 aromatic heterocycles. The fourth-order valence-corrected chi connectivity index (χ4v) is 234. The van der Waals surface area contributed by atoms with Crippen molar-refractivity contribution >= 4 is 126 Å². The fourth-order valence-electron chi connectivity index (χ4n) is 0.557. The van der Waals surface area contributed by atoms with Crippen LogP contribution in [0.1, 0.15) is 0 Å². The van der Waals surface area contributed by atoms with E-state index in [0.29, 0.717) is 0 Å². The van der Waals surface area contributed by atoms with Gasteiger partial charge < -0.3 is 0 Å². The third-order valence-electron chi connectivity index (χ3n) is 0.982. The van der Waals surface area contributed by atoms with E-state index in [2.05, 4.69) is 0 Å². The van der Waals surface area contributed by atoms with Gasteiger partial charge in [0.2, 0.25) is 0 Å². The molecule has 0 aliphatic rings. The van der Waals surface area contributed by atoms with Crippen LogP contribution in [0.4, 0.5) is 0 Å². The summed E-state index contributed by atoms with van der Waals surface area (Å²) in [5.74, 6) is 0. The third kappa shape index (κ3) is 6.33. The molecule has 0 unspecified atom stereocenters. The molecule has 0 aliphatic heterocycles. The summed E-state index contributed by atoms with van der Waals surface area (Å²) < 4.78 is -9.36. The maximum atomic E-state index is 5.78. The Bertz CT molecular complexity index is 137. The first-order valence-corrected chi connectivity index (χ1v) is 28.8. The van der Waals surface area contributed by atoms with Gasteiger partial charge in [-0.25, -0.2) is 0 Å². The van der Waals surface area contributed by atoms with Crippen LogP contribution in [-0.4, -0.2) is 26.0 Å². The van der Waals surface area contributed by atoms with Gasteiger partial charge in [0.25, 0.3) is 0 Å². The Hall–Kier alpha value is 3.80. The Balaban J connectivity index is 5.02. The quantitative estimate of drug-likeness (QED) is 0.418. The summed E-state index contributed by atoms with van der Waals surface area (Å²) in [6.07, 6.45) is 0. The molecule has 0 nitrogen and oxygen atoms in total. The van der Waals surface area contributed by atoms with E-state index in [0.717, 1.165) is 0 Å². The van der Waals surface area contributed by atoms with Gasteiger partial charge in [0.05, 0.1) is 0 Å². The number of hydrogen-bond donors (Lipinski definition) is 0. The second kappa shape index (κ2) is 5.63. The molecule has 0 spiro atoms. The molecule has 0 radical (unpaired) electrons. The molecule has 0 heterocycles. The van der Waals surface area contributed by atoms with Gasteiger partial charge in [0.1, 0.15) is 0 Å². The monoisotopic (exact) mass is 474 g/mol. The van der Waals surface area contributed by atoms with Gasteiger partial charge >= 0.3 is 126 Å². The van der Waals surface area contributed by atoms with Crippen LogP contribution in [0.15, 0.2) is 0 Å². The predicted octanol–water partition coefficient (Wildman–Crippen LogP) is 4.41. The summed E-state index contributed by atoms with van der Waals surface area (Å²) in [4.78, 5) is 0. The summed E-state index contributed by atoms with van der Waals surface area (Å²) >= 11 is 49.0. The van der Waals surface area contributed by atoms with Crippen molar-refractivity contribution < 1.29 is 0 Å². The van der Waals surface area contributed by atoms with Gasteiger partial charge in [-0.3, -0.25) is 0 Å². The average molecular weight is 477 g/mol. The molecule has 0 amide bonds. The molecule has 0 fully saturated rings. The van der Waals surface area contributed by atoms with Crippen LogP contribution in [0.25, 0.3) is 0 Å². The molecule has 80 valence electrons. The van der Waals surface area contributed by atoms with Gasteiger partial charge in [-0.1, -0.05) is 0 Å². The van der Waals surface area contributed by atoms with Crippen LogP contribution in [0.3, 0.4) is 0 Å². The minimum absolute atomic E-state index is 3.03. The van der Waals surface area contributed by atoms with Gasteiger partial charge in [-0.05, 0) is 0 Å². The zero-order valence-corrected chi connectivity index (χ0v) is 17.7. The van der Waals surface area contributed by atoms with E-state index >= 15 is 0 Å². The summed E-state index contributed by atoms with van der Waals surface area (Å²) in [6.45, 7) is 0. The van der Waals surface area contributed by atoms with E-state index in [1.54, 1.807) is 0 Å². The molecule has 0 aromatic carbocycles. The first kappa shape index (κ1) is 16.8. The van der Waals surface area contributed by atoms with Crippen molar-refractivity contribution in [3.63, 3.8) is 0 Å². The van der Waals surface area contributed by atoms with Crippen molar-refractivity contribution in [1.29, 1.82) is 0 Å². The summed E-state index contributed by atoms with van der Waals surface area (Å²) in [7, 11) is 0. The fraction of sp³-hybridized carbons (Fsp3) is 0. The molecule has 0 bridgehead atoms. The molecular weight excluding hydrogens is 476 g/mol. The van der Waals surface area contributed by atoms with E-state index in [4.69, 9.17) is 99.7 Å². The number of rotatable bonds is 3. The van der Waals surface area contributed by atoms with Crippen LogP contribution in [0, 0.1) is 0 Å². The van der Waals surface area contributed by atoms with Crippen LogP contribution in [0.5, 0.6) is 0 Å². The van der Waals surface area contributed by atoms with Crippen molar-refractivity contribution in [3.8, 4) is 0 Å². The molecule has 0 atom stereocenters. The molecular formula is HCl9GeSi3. The van der Waals surface area contributed by atoms with Crippen LogP contribution < -0.4 is 0 Å². The molecule has 13 heavy (non-hydrogen) atoms. The number of hydrogen-bond acceptors (Lipinski definition) is 0. The second-order valence-electron chi connectivity index (χ2n) is 2.06. The van der Waals surface area contributed by atoms with Crippen LogP contribution in [-0.2, 0) is 0 Å². The molecule has 0 aliphatic carbocycles. The first-order chi connectivity index (χ1) is 5.37. The maximum absolute atomic E-state index is 5.78. The minimum atomic E-state index is -3.12. The van der Waals surface area contributed by atoms with E-state index in [1.807, 2.05) is 0 Å². The topological polar surface area (TPSA) is 0 Å². The summed E-state index contributed by atoms with van der Waals surface area (Å²) in [6, 6.07) is 0. The van der Waals surface area contributed by atoms with E-state index in [9.17, 15) is 0 Å². The van der Waals surface area contributed by atoms with E-state index in [1.165, 1.54) is 0 Å². The zero-order chi connectivity index (χ0) is 11.1. The van der Waals surface area contributed by atoms with Gasteiger partial charge in [-0.15, -0.1) is 0 Å². The summed E-state index contributed by atoms with van der Waals surface area (Å²) in [5.41, 5.74) is 0. The first-order valence-electron chi connectivity index (χ1n) is 2.57. The van der Waals surface area contributed by atoms with Gasteiger partial charge in [-0.2, -0.15) is 0 Å². The van der Waals surface area contributed by atoms with Crippen molar-refractivity contribution in [3.05, 3.63) is 0 Å². The van der Waals surface area contributed by atoms with E-state index < -0.39 is 26.0 Å². The van der Waals surface area contributed by atoms with Crippen molar-refractivity contribution in [1.82, 2.24) is 0 Å². The molecule has 13 heteroatoms. The molecule has 0 saturated heterocycles. The van der Waals surface area contributed by atoms with Gasteiger partial charge in [0.15, 0.2) is 0 Å².